The smallest absolute Gasteiger partial charge is 0.277 e. The van der Waals surface area contributed by atoms with Crippen molar-refractivity contribution in [3.63, 3.8) is 0 Å². The van der Waals surface area contributed by atoms with E-state index in [2.05, 4.69) is 10.1 Å². The van der Waals surface area contributed by atoms with Crippen LogP contribution in [0.4, 0.5) is 5.69 Å². The van der Waals surface area contributed by atoms with Crippen LogP contribution in [0.25, 0.3) is 15.3 Å². The zero-order chi connectivity index (χ0) is 21.0. The summed E-state index contributed by atoms with van der Waals surface area (Å²) in [6.07, 6.45) is -0.0272. The zero-order valence-corrected chi connectivity index (χ0v) is 17.2. The van der Waals surface area contributed by atoms with E-state index in [0.29, 0.717) is 22.1 Å². The van der Waals surface area contributed by atoms with Gasteiger partial charge in [0.15, 0.2) is 0 Å². The van der Waals surface area contributed by atoms with E-state index >= 15 is 0 Å². The standard InChI is InChI=1S/C22H18N4O3S/c1-12-6-5-7-14(10-12)25-18(27)11-15(20(25)28)19-13(2)24-26(21(19)29)22-23-16-8-3-4-9-17(16)30-22/h3-10,15,24H,11H2,1-2H3. The molecule has 1 fully saturated rings. The number of nitrogens with one attached hydrogen (secondary N) is 1. The number of anilines is 1. The minimum atomic E-state index is -0.808. The minimum Gasteiger partial charge on any atom is -0.293 e. The number of benzene rings is 2. The second kappa shape index (κ2) is 6.77. The molecule has 2 aromatic carbocycles. The molecular formula is C22H18N4O3S. The number of nitrogens with zero attached hydrogens (tertiary/aromatic N) is 3. The van der Waals surface area contributed by atoms with Gasteiger partial charge in [0.1, 0.15) is 0 Å². The molecular weight excluding hydrogens is 400 g/mol. The van der Waals surface area contributed by atoms with Crippen LogP contribution in [0, 0.1) is 13.8 Å². The highest BCUT2D eigenvalue weighted by Crippen LogP contribution is 2.34. The molecule has 0 radical (unpaired) electrons. The molecule has 4 aromatic rings. The number of thiazole rings is 1. The van der Waals surface area contributed by atoms with E-state index in [0.717, 1.165) is 15.8 Å². The van der Waals surface area contributed by atoms with Gasteiger partial charge in [0.05, 0.1) is 27.4 Å². The molecule has 1 saturated heterocycles. The quantitative estimate of drug-likeness (QED) is 0.516. The van der Waals surface area contributed by atoms with Gasteiger partial charge in [0.2, 0.25) is 16.9 Å². The number of hydrogen-bond donors (Lipinski definition) is 1. The maximum atomic E-state index is 13.2. The molecule has 8 heteroatoms. The predicted molar refractivity (Wildman–Crippen MR) is 115 cm³/mol. The van der Waals surface area contributed by atoms with Gasteiger partial charge in [0, 0.05) is 12.1 Å². The number of aromatic nitrogens is 3. The van der Waals surface area contributed by atoms with Crippen LogP contribution < -0.4 is 10.5 Å². The summed E-state index contributed by atoms with van der Waals surface area (Å²) in [4.78, 5) is 44.7. The van der Waals surface area contributed by atoms with Gasteiger partial charge in [-0.05, 0) is 43.7 Å². The average Bonchev–Trinajstić information content (AvgIpc) is 3.35. The van der Waals surface area contributed by atoms with Crippen LogP contribution in [-0.2, 0) is 9.59 Å². The highest BCUT2D eigenvalue weighted by Gasteiger charge is 2.43. The lowest BCUT2D eigenvalue weighted by atomic mass is 9.98. The van der Waals surface area contributed by atoms with E-state index in [1.807, 2.05) is 37.3 Å². The number of para-hydroxylation sites is 1. The molecule has 0 spiro atoms. The molecule has 1 unspecified atom stereocenters. The van der Waals surface area contributed by atoms with Gasteiger partial charge in [-0.3, -0.25) is 19.5 Å². The molecule has 2 amide bonds. The fraction of sp³-hybridized carbons (Fsp3) is 0.182. The van der Waals surface area contributed by atoms with E-state index in [9.17, 15) is 14.4 Å². The normalized spacial score (nSPS) is 16.7. The van der Waals surface area contributed by atoms with E-state index in [-0.39, 0.29) is 23.8 Å². The maximum absolute atomic E-state index is 13.2. The molecule has 0 aliphatic carbocycles. The van der Waals surface area contributed by atoms with Gasteiger partial charge < -0.3 is 0 Å². The molecule has 1 aliphatic heterocycles. The number of rotatable bonds is 3. The van der Waals surface area contributed by atoms with Crippen molar-refractivity contribution in [2.24, 2.45) is 0 Å². The lowest BCUT2D eigenvalue weighted by molar-refractivity contribution is -0.121. The summed E-state index contributed by atoms with van der Waals surface area (Å²) < 4.78 is 2.33. The van der Waals surface area contributed by atoms with Crippen LogP contribution in [0.15, 0.2) is 53.3 Å². The maximum Gasteiger partial charge on any atom is 0.277 e. The van der Waals surface area contributed by atoms with E-state index in [1.54, 1.807) is 25.1 Å². The number of aryl methyl sites for hydroxylation is 2. The molecule has 0 bridgehead atoms. The highest BCUT2D eigenvalue weighted by atomic mass is 32.1. The first-order valence-corrected chi connectivity index (χ1v) is 10.4. The van der Waals surface area contributed by atoms with Crippen LogP contribution in [0.1, 0.15) is 29.2 Å². The Bertz CT molecular complexity index is 1350. The summed E-state index contributed by atoms with van der Waals surface area (Å²) in [7, 11) is 0. The lowest BCUT2D eigenvalue weighted by Gasteiger charge is -2.15. The van der Waals surface area contributed by atoms with Crippen molar-refractivity contribution in [3.05, 3.63) is 75.7 Å². The largest absolute Gasteiger partial charge is 0.293 e. The first-order chi connectivity index (χ1) is 14.4. The number of carbonyl (C=O) groups is 2. The number of imide groups is 1. The van der Waals surface area contributed by atoms with Crippen LogP contribution in [0.5, 0.6) is 0 Å². The van der Waals surface area contributed by atoms with Crippen molar-refractivity contribution < 1.29 is 9.59 Å². The average molecular weight is 418 g/mol. The molecule has 30 heavy (non-hydrogen) atoms. The third-order valence-electron chi connectivity index (χ3n) is 5.35. The zero-order valence-electron chi connectivity index (χ0n) is 16.4. The Morgan fingerprint density at radius 3 is 2.63 bits per heavy atom. The predicted octanol–water partition coefficient (Wildman–Crippen LogP) is 3.44. The summed E-state index contributed by atoms with van der Waals surface area (Å²) in [5.74, 6) is -1.49. The molecule has 1 N–H and O–H groups in total. The lowest BCUT2D eigenvalue weighted by Crippen LogP contribution is -2.31. The number of aromatic amines is 1. The molecule has 150 valence electrons. The summed E-state index contributed by atoms with van der Waals surface area (Å²) in [5.41, 5.74) is 2.83. The summed E-state index contributed by atoms with van der Waals surface area (Å²) in [6, 6.07) is 14.9. The number of amides is 2. The third kappa shape index (κ3) is 2.80. The second-order valence-corrected chi connectivity index (χ2v) is 8.43. The van der Waals surface area contributed by atoms with Crippen molar-refractivity contribution >= 4 is 39.1 Å². The Labute approximate surface area is 175 Å². The van der Waals surface area contributed by atoms with Gasteiger partial charge in [-0.2, -0.15) is 4.68 Å². The fourth-order valence-electron chi connectivity index (χ4n) is 3.96. The highest BCUT2D eigenvalue weighted by molar-refractivity contribution is 7.20. The van der Waals surface area contributed by atoms with Crippen molar-refractivity contribution in [1.29, 1.82) is 0 Å². The number of carbonyl (C=O) groups excluding carboxylic acids is 2. The molecule has 1 aliphatic rings. The van der Waals surface area contributed by atoms with Gasteiger partial charge in [-0.1, -0.05) is 35.6 Å². The summed E-state index contributed by atoms with van der Waals surface area (Å²) in [5, 5.41) is 3.54. The van der Waals surface area contributed by atoms with Crippen molar-refractivity contribution in [2.75, 3.05) is 4.90 Å². The van der Waals surface area contributed by atoms with Gasteiger partial charge in [0.25, 0.3) is 5.56 Å². The Kier molecular flexibility index (Phi) is 4.18. The SMILES string of the molecule is Cc1cccc(N2C(=O)CC(c3c(C)[nH]n(-c4nc5ccccc5s4)c3=O)C2=O)c1. The summed E-state index contributed by atoms with van der Waals surface area (Å²) in [6.45, 7) is 3.65. The Balaban J connectivity index is 1.56. The second-order valence-electron chi connectivity index (χ2n) is 7.42. The molecule has 1 atom stereocenters. The first-order valence-electron chi connectivity index (χ1n) is 9.55. The van der Waals surface area contributed by atoms with Crippen LogP contribution in [-0.4, -0.2) is 26.6 Å². The van der Waals surface area contributed by atoms with E-state index in [4.69, 9.17) is 0 Å². The Morgan fingerprint density at radius 2 is 1.87 bits per heavy atom. The molecule has 7 nitrogen and oxygen atoms in total. The van der Waals surface area contributed by atoms with Gasteiger partial charge in [-0.15, -0.1) is 0 Å². The van der Waals surface area contributed by atoms with Crippen LogP contribution >= 0.6 is 11.3 Å². The number of H-pyrrole nitrogens is 1. The third-order valence-corrected chi connectivity index (χ3v) is 6.37. The van der Waals surface area contributed by atoms with Crippen molar-refractivity contribution in [1.82, 2.24) is 14.8 Å². The summed E-state index contributed by atoms with van der Waals surface area (Å²) >= 11 is 1.39. The van der Waals surface area contributed by atoms with Gasteiger partial charge in [-0.25, -0.2) is 9.88 Å². The molecule has 5 rings (SSSR count). The monoisotopic (exact) mass is 418 g/mol. The number of hydrogen-bond acceptors (Lipinski definition) is 5. The molecule has 3 heterocycles. The topological polar surface area (TPSA) is 88.1 Å². The van der Waals surface area contributed by atoms with Crippen LogP contribution in [0.2, 0.25) is 0 Å². The van der Waals surface area contributed by atoms with E-state index in [1.165, 1.54) is 20.9 Å². The Morgan fingerprint density at radius 1 is 1.07 bits per heavy atom. The minimum absolute atomic E-state index is 0.0272. The van der Waals surface area contributed by atoms with E-state index < -0.39 is 5.92 Å². The molecule has 2 aromatic heterocycles. The fourth-order valence-corrected chi connectivity index (χ4v) is 4.88. The number of fused-ring (bicyclic) bond motifs is 1. The molecule has 0 saturated carbocycles. The first kappa shape index (κ1) is 18.5. The van der Waals surface area contributed by atoms with Crippen LogP contribution in [0.3, 0.4) is 0 Å². The van der Waals surface area contributed by atoms with Gasteiger partial charge >= 0.3 is 0 Å². The van der Waals surface area contributed by atoms with Crippen molar-refractivity contribution in [3.8, 4) is 5.13 Å². The Hall–Kier alpha value is -3.52. The van der Waals surface area contributed by atoms with Crippen molar-refractivity contribution in [2.45, 2.75) is 26.2 Å².